The Kier molecular flexibility index (Phi) is 6.46. The van der Waals surface area contributed by atoms with Gasteiger partial charge in [-0.05, 0) is 39.8 Å². The average molecular weight is 291 g/mol. The highest BCUT2D eigenvalue weighted by Gasteiger charge is 2.09. The minimum absolute atomic E-state index is 0.337. The Hall–Kier alpha value is -2.30. The van der Waals surface area contributed by atoms with E-state index in [0.29, 0.717) is 13.2 Å². The molecule has 5 heteroatoms. The molecule has 0 aliphatic heterocycles. The van der Waals surface area contributed by atoms with E-state index in [1.165, 1.54) is 12.2 Å². The van der Waals surface area contributed by atoms with Crippen molar-refractivity contribution in [2.24, 2.45) is 0 Å². The van der Waals surface area contributed by atoms with E-state index in [4.69, 9.17) is 9.47 Å². The maximum absolute atomic E-state index is 11.4. The standard InChI is InChI=1S/C16H21NO4/c1-5-20-15(18)9-7-13-11(3)17-12(4)14(13)8-10-16(19)21-6-2/h7-10,17H,5-6H2,1-4H3/b9-7+,10-8+. The van der Waals surface area contributed by atoms with Gasteiger partial charge in [0.1, 0.15) is 0 Å². The number of hydrogen-bond acceptors (Lipinski definition) is 4. The van der Waals surface area contributed by atoms with Gasteiger partial charge >= 0.3 is 11.9 Å². The molecule has 0 amide bonds. The van der Waals surface area contributed by atoms with Gasteiger partial charge in [-0.15, -0.1) is 0 Å². The lowest BCUT2D eigenvalue weighted by Gasteiger charge is -1.98. The normalized spacial score (nSPS) is 11.2. The third kappa shape index (κ3) is 4.95. The number of aromatic nitrogens is 1. The van der Waals surface area contributed by atoms with Crippen LogP contribution in [0, 0.1) is 13.8 Å². The Labute approximate surface area is 124 Å². The minimum Gasteiger partial charge on any atom is -0.463 e. The van der Waals surface area contributed by atoms with Gasteiger partial charge in [0.2, 0.25) is 0 Å². The van der Waals surface area contributed by atoms with Crippen molar-refractivity contribution in [1.29, 1.82) is 0 Å². The average Bonchev–Trinajstić information content (AvgIpc) is 2.68. The fourth-order valence-electron chi connectivity index (χ4n) is 1.93. The van der Waals surface area contributed by atoms with Crippen LogP contribution in [0.3, 0.4) is 0 Å². The Morgan fingerprint density at radius 1 is 0.905 bits per heavy atom. The van der Waals surface area contributed by atoms with Crippen LogP contribution in [-0.2, 0) is 19.1 Å². The summed E-state index contributed by atoms with van der Waals surface area (Å²) in [6, 6.07) is 0. The van der Waals surface area contributed by atoms with Crippen LogP contribution in [0.4, 0.5) is 0 Å². The molecule has 1 rings (SSSR count). The zero-order chi connectivity index (χ0) is 15.8. The number of aromatic amines is 1. The summed E-state index contributed by atoms with van der Waals surface area (Å²) in [5.74, 6) is -0.785. The molecule has 0 unspecified atom stereocenters. The van der Waals surface area contributed by atoms with E-state index < -0.39 is 11.9 Å². The molecule has 1 N–H and O–H groups in total. The summed E-state index contributed by atoms with van der Waals surface area (Å²) in [5.41, 5.74) is 3.52. The Morgan fingerprint density at radius 3 is 1.62 bits per heavy atom. The summed E-state index contributed by atoms with van der Waals surface area (Å²) < 4.78 is 9.70. The summed E-state index contributed by atoms with van der Waals surface area (Å²) in [6.07, 6.45) is 6.12. The second-order valence-corrected chi connectivity index (χ2v) is 4.37. The SMILES string of the molecule is CCOC(=O)/C=C/c1c(C)[nH]c(C)c1/C=C/C(=O)OCC. The van der Waals surface area contributed by atoms with Crippen LogP contribution in [-0.4, -0.2) is 30.1 Å². The molecule has 0 atom stereocenters. The van der Waals surface area contributed by atoms with E-state index >= 15 is 0 Å². The molecule has 0 aliphatic rings. The van der Waals surface area contributed by atoms with Crippen molar-refractivity contribution >= 4 is 24.1 Å². The molecule has 0 radical (unpaired) electrons. The van der Waals surface area contributed by atoms with Gasteiger partial charge in [0.15, 0.2) is 0 Å². The van der Waals surface area contributed by atoms with Crippen molar-refractivity contribution < 1.29 is 19.1 Å². The molecular formula is C16H21NO4. The Balaban J connectivity index is 2.99. The highest BCUT2D eigenvalue weighted by atomic mass is 16.5. The Morgan fingerprint density at radius 2 is 1.29 bits per heavy atom. The molecule has 0 saturated heterocycles. The Bertz CT molecular complexity index is 519. The number of H-pyrrole nitrogens is 1. The van der Waals surface area contributed by atoms with Gasteiger partial charge in [-0.2, -0.15) is 0 Å². The lowest BCUT2D eigenvalue weighted by atomic mass is 10.1. The van der Waals surface area contributed by atoms with Gasteiger partial charge < -0.3 is 14.5 Å². The van der Waals surface area contributed by atoms with Crippen LogP contribution in [0.25, 0.3) is 12.2 Å². The van der Waals surface area contributed by atoms with Gasteiger partial charge in [0.25, 0.3) is 0 Å². The molecule has 0 aliphatic carbocycles. The van der Waals surface area contributed by atoms with Gasteiger partial charge in [-0.25, -0.2) is 9.59 Å². The molecule has 114 valence electrons. The maximum Gasteiger partial charge on any atom is 0.330 e. The van der Waals surface area contributed by atoms with Crippen molar-refractivity contribution in [1.82, 2.24) is 4.98 Å². The monoisotopic (exact) mass is 291 g/mol. The highest BCUT2D eigenvalue weighted by molar-refractivity contribution is 5.91. The van der Waals surface area contributed by atoms with Crippen LogP contribution >= 0.6 is 0 Å². The molecule has 21 heavy (non-hydrogen) atoms. The molecule has 0 fully saturated rings. The number of aryl methyl sites for hydroxylation is 2. The van der Waals surface area contributed by atoms with Crippen LogP contribution in [0.2, 0.25) is 0 Å². The van der Waals surface area contributed by atoms with Crippen molar-refractivity contribution in [3.63, 3.8) is 0 Å². The summed E-state index contributed by atoms with van der Waals surface area (Å²) in [4.78, 5) is 26.0. The molecule has 0 bridgehead atoms. The first-order chi connectivity index (χ1) is 9.99. The molecular weight excluding hydrogens is 270 g/mol. The third-order valence-corrected chi connectivity index (χ3v) is 2.82. The zero-order valence-electron chi connectivity index (χ0n) is 12.9. The highest BCUT2D eigenvalue weighted by Crippen LogP contribution is 2.21. The molecule has 1 aromatic heterocycles. The van der Waals surface area contributed by atoms with Crippen LogP contribution in [0.1, 0.15) is 36.4 Å². The number of ether oxygens (including phenoxy) is 2. The molecule has 5 nitrogen and oxygen atoms in total. The lowest BCUT2D eigenvalue weighted by molar-refractivity contribution is -0.138. The second kappa shape index (κ2) is 8.09. The molecule has 1 aromatic rings. The minimum atomic E-state index is -0.393. The van der Waals surface area contributed by atoms with E-state index in [1.807, 2.05) is 13.8 Å². The number of carbonyl (C=O) groups excluding carboxylic acids is 2. The van der Waals surface area contributed by atoms with Crippen molar-refractivity contribution in [2.45, 2.75) is 27.7 Å². The number of nitrogens with one attached hydrogen (secondary N) is 1. The fraction of sp³-hybridized carbons (Fsp3) is 0.375. The topological polar surface area (TPSA) is 68.4 Å². The first-order valence-electron chi connectivity index (χ1n) is 6.88. The van der Waals surface area contributed by atoms with Crippen LogP contribution in [0.15, 0.2) is 12.2 Å². The number of rotatable bonds is 6. The third-order valence-electron chi connectivity index (χ3n) is 2.82. The van der Waals surface area contributed by atoms with Gasteiger partial charge in [-0.1, -0.05) is 0 Å². The molecule has 1 heterocycles. The molecule has 0 aromatic carbocycles. The predicted molar refractivity (Wildman–Crippen MR) is 81.6 cm³/mol. The molecule has 0 saturated carbocycles. The first-order valence-corrected chi connectivity index (χ1v) is 6.88. The second-order valence-electron chi connectivity index (χ2n) is 4.37. The van der Waals surface area contributed by atoms with Crippen LogP contribution < -0.4 is 0 Å². The van der Waals surface area contributed by atoms with Gasteiger partial charge in [-0.3, -0.25) is 0 Å². The zero-order valence-corrected chi connectivity index (χ0v) is 12.9. The van der Waals surface area contributed by atoms with E-state index in [-0.39, 0.29) is 0 Å². The predicted octanol–water partition coefficient (Wildman–Crippen LogP) is 2.78. The molecule has 0 spiro atoms. The lowest BCUT2D eigenvalue weighted by Crippen LogP contribution is -1.99. The summed E-state index contributed by atoms with van der Waals surface area (Å²) in [7, 11) is 0. The van der Waals surface area contributed by atoms with Crippen molar-refractivity contribution in [3.8, 4) is 0 Å². The van der Waals surface area contributed by atoms with E-state index in [9.17, 15) is 9.59 Å². The number of hydrogen-bond donors (Lipinski definition) is 1. The van der Waals surface area contributed by atoms with E-state index in [2.05, 4.69) is 4.98 Å². The van der Waals surface area contributed by atoms with Crippen LogP contribution in [0.5, 0.6) is 0 Å². The van der Waals surface area contributed by atoms with E-state index in [1.54, 1.807) is 26.0 Å². The summed E-state index contributed by atoms with van der Waals surface area (Å²) in [5, 5.41) is 0. The fourth-order valence-corrected chi connectivity index (χ4v) is 1.93. The summed E-state index contributed by atoms with van der Waals surface area (Å²) >= 11 is 0. The maximum atomic E-state index is 11.4. The largest absolute Gasteiger partial charge is 0.463 e. The van der Waals surface area contributed by atoms with E-state index in [0.717, 1.165) is 22.5 Å². The first kappa shape index (κ1) is 16.8. The quantitative estimate of drug-likeness (QED) is 0.646. The number of carbonyl (C=O) groups is 2. The van der Waals surface area contributed by atoms with Gasteiger partial charge in [0.05, 0.1) is 13.2 Å². The van der Waals surface area contributed by atoms with Crippen molar-refractivity contribution in [3.05, 3.63) is 34.7 Å². The van der Waals surface area contributed by atoms with Gasteiger partial charge in [0, 0.05) is 34.7 Å². The smallest absolute Gasteiger partial charge is 0.330 e. The van der Waals surface area contributed by atoms with Crippen molar-refractivity contribution in [2.75, 3.05) is 13.2 Å². The summed E-state index contributed by atoms with van der Waals surface area (Å²) in [6.45, 7) is 7.99. The number of esters is 2.